The van der Waals surface area contributed by atoms with Gasteiger partial charge in [-0.2, -0.15) is 0 Å². The van der Waals surface area contributed by atoms with Crippen molar-refractivity contribution in [2.75, 3.05) is 45.3 Å². The van der Waals surface area contributed by atoms with Crippen molar-refractivity contribution >= 4 is 17.7 Å². The van der Waals surface area contributed by atoms with Crippen LogP contribution in [0.25, 0.3) is 0 Å². The Hall–Kier alpha value is -2.26. The van der Waals surface area contributed by atoms with Gasteiger partial charge in [0.25, 0.3) is 0 Å². The molecule has 2 atom stereocenters. The number of aryl methyl sites for hydroxylation is 2. The standard InChI is InChI=1S/C23H37FN4O4/c1-3-21(29)27-20(23(30)31)11-14-28(16-19(15-24)32-2)13-5-4-8-18-10-9-17-7-6-12-25-22(17)26-18/h9-10,19-20H,3-8,11-16H2,1-2H3,(H,25,26)(H,27,29)(H,30,31). The minimum absolute atomic E-state index is 0.230. The lowest BCUT2D eigenvalue weighted by Gasteiger charge is -2.27. The van der Waals surface area contributed by atoms with Crippen LogP contribution in [0.1, 0.15) is 50.3 Å². The normalized spacial score (nSPS) is 15.0. The van der Waals surface area contributed by atoms with Gasteiger partial charge in [0.15, 0.2) is 0 Å². The number of unbranched alkanes of at least 4 members (excludes halogenated alkanes) is 1. The third-order valence-electron chi connectivity index (χ3n) is 5.76. The molecule has 0 radical (unpaired) electrons. The molecule has 0 saturated heterocycles. The number of aromatic nitrogens is 1. The molecule has 0 spiro atoms. The number of carboxylic acid groups (broad SMARTS) is 1. The van der Waals surface area contributed by atoms with Crippen molar-refractivity contribution in [2.24, 2.45) is 0 Å². The monoisotopic (exact) mass is 452 g/mol. The van der Waals surface area contributed by atoms with Crippen LogP contribution in [0.2, 0.25) is 0 Å². The Balaban J connectivity index is 1.86. The van der Waals surface area contributed by atoms with Crippen LogP contribution in [0.5, 0.6) is 0 Å². The molecule has 180 valence electrons. The summed E-state index contributed by atoms with van der Waals surface area (Å²) >= 11 is 0. The lowest BCUT2D eigenvalue weighted by atomic mass is 10.1. The second-order valence-corrected chi connectivity index (χ2v) is 8.21. The van der Waals surface area contributed by atoms with Crippen LogP contribution in [0.3, 0.4) is 0 Å². The minimum Gasteiger partial charge on any atom is -0.480 e. The topological polar surface area (TPSA) is 104 Å². The number of carboxylic acids is 1. The molecule has 0 bridgehead atoms. The SMILES string of the molecule is CCC(=O)NC(CCN(CCCCc1ccc2c(n1)NCCC2)CC(CF)OC)C(=O)O. The van der Waals surface area contributed by atoms with E-state index in [1.165, 1.54) is 12.7 Å². The number of aliphatic carboxylic acids is 1. The lowest BCUT2D eigenvalue weighted by molar-refractivity contribution is -0.142. The molecule has 0 saturated carbocycles. The number of fused-ring (bicyclic) bond motifs is 1. The molecular formula is C23H37FN4O4. The zero-order chi connectivity index (χ0) is 23.3. The molecule has 1 aliphatic rings. The van der Waals surface area contributed by atoms with Crippen LogP contribution in [0, 0.1) is 0 Å². The number of ether oxygens (including phenoxy) is 1. The van der Waals surface area contributed by atoms with Crippen molar-refractivity contribution in [3.8, 4) is 0 Å². The van der Waals surface area contributed by atoms with E-state index in [4.69, 9.17) is 9.72 Å². The first-order chi connectivity index (χ1) is 15.5. The number of hydrogen-bond donors (Lipinski definition) is 3. The molecule has 8 nitrogen and oxygen atoms in total. The van der Waals surface area contributed by atoms with E-state index in [0.717, 1.165) is 50.2 Å². The fraction of sp³-hybridized carbons (Fsp3) is 0.696. The van der Waals surface area contributed by atoms with Crippen LogP contribution in [-0.4, -0.2) is 79.0 Å². The number of carbonyl (C=O) groups is 2. The summed E-state index contributed by atoms with van der Waals surface area (Å²) in [4.78, 5) is 29.8. The van der Waals surface area contributed by atoms with Gasteiger partial charge in [0.2, 0.25) is 5.91 Å². The summed E-state index contributed by atoms with van der Waals surface area (Å²) in [6, 6.07) is 3.28. The van der Waals surface area contributed by atoms with Gasteiger partial charge < -0.3 is 25.4 Å². The highest BCUT2D eigenvalue weighted by molar-refractivity contribution is 5.83. The van der Waals surface area contributed by atoms with Gasteiger partial charge in [0, 0.05) is 38.9 Å². The second kappa shape index (κ2) is 14.0. The van der Waals surface area contributed by atoms with E-state index in [1.807, 2.05) is 4.90 Å². The summed E-state index contributed by atoms with van der Waals surface area (Å²) in [5, 5.41) is 15.3. The van der Waals surface area contributed by atoms with E-state index >= 15 is 0 Å². The number of hydrogen-bond acceptors (Lipinski definition) is 6. The number of nitrogens with zero attached hydrogens (tertiary/aromatic N) is 2. The Bertz CT molecular complexity index is 730. The number of methoxy groups -OCH3 is 1. The molecule has 1 aromatic heterocycles. The largest absolute Gasteiger partial charge is 0.480 e. The molecule has 1 amide bonds. The van der Waals surface area contributed by atoms with Gasteiger partial charge in [-0.15, -0.1) is 0 Å². The van der Waals surface area contributed by atoms with Gasteiger partial charge in [-0.3, -0.25) is 4.79 Å². The summed E-state index contributed by atoms with van der Waals surface area (Å²) in [7, 11) is 1.47. The van der Waals surface area contributed by atoms with Gasteiger partial charge in [0.1, 0.15) is 18.5 Å². The van der Waals surface area contributed by atoms with Crippen LogP contribution in [0.15, 0.2) is 12.1 Å². The Labute approximate surface area is 189 Å². The number of nitrogens with one attached hydrogen (secondary N) is 2. The molecular weight excluding hydrogens is 415 g/mol. The van der Waals surface area contributed by atoms with Gasteiger partial charge in [-0.05, 0) is 56.7 Å². The van der Waals surface area contributed by atoms with Gasteiger partial charge >= 0.3 is 5.97 Å². The number of rotatable bonds is 15. The summed E-state index contributed by atoms with van der Waals surface area (Å²) in [6.45, 7) is 3.54. The van der Waals surface area contributed by atoms with E-state index in [9.17, 15) is 19.1 Å². The number of pyridine rings is 1. The van der Waals surface area contributed by atoms with Crippen molar-refractivity contribution in [2.45, 2.75) is 64.0 Å². The maximum atomic E-state index is 13.2. The number of halogens is 1. The Morgan fingerprint density at radius 1 is 1.34 bits per heavy atom. The average molecular weight is 453 g/mol. The molecule has 32 heavy (non-hydrogen) atoms. The molecule has 0 aliphatic carbocycles. The van der Waals surface area contributed by atoms with Gasteiger partial charge in [-0.25, -0.2) is 14.2 Å². The molecule has 2 rings (SSSR count). The summed E-state index contributed by atoms with van der Waals surface area (Å²) < 4.78 is 18.4. The Morgan fingerprint density at radius 3 is 2.84 bits per heavy atom. The first-order valence-corrected chi connectivity index (χ1v) is 11.5. The molecule has 1 aromatic rings. The van der Waals surface area contributed by atoms with Crippen molar-refractivity contribution in [1.82, 2.24) is 15.2 Å². The third-order valence-corrected chi connectivity index (χ3v) is 5.76. The quantitative estimate of drug-likeness (QED) is 0.351. The number of anilines is 1. The minimum atomic E-state index is -1.06. The van der Waals surface area contributed by atoms with Crippen molar-refractivity contribution < 1.29 is 23.8 Å². The fourth-order valence-corrected chi connectivity index (χ4v) is 3.78. The van der Waals surface area contributed by atoms with E-state index in [1.54, 1.807) is 6.92 Å². The van der Waals surface area contributed by atoms with Gasteiger partial charge in [0.05, 0.1) is 6.10 Å². The first kappa shape index (κ1) is 26.0. The molecule has 9 heteroatoms. The van der Waals surface area contributed by atoms with Crippen LogP contribution >= 0.6 is 0 Å². The van der Waals surface area contributed by atoms with Crippen molar-refractivity contribution in [3.05, 3.63) is 23.4 Å². The van der Waals surface area contributed by atoms with Crippen molar-refractivity contribution in [1.29, 1.82) is 0 Å². The van der Waals surface area contributed by atoms with Gasteiger partial charge in [-0.1, -0.05) is 13.0 Å². The average Bonchev–Trinajstić information content (AvgIpc) is 2.81. The molecule has 2 heterocycles. The summed E-state index contributed by atoms with van der Waals surface area (Å²) in [5.41, 5.74) is 2.32. The molecule has 0 fully saturated rings. The highest BCUT2D eigenvalue weighted by Crippen LogP contribution is 2.20. The third kappa shape index (κ3) is 8.70. The van der Waals surface area contributed by atoms with E-state index in [-0.39, 0.29) is 18.7 Å². The van der Waals surface area contributed by atoms with Crippen molar-refractivity contribution in [3.63, 3.8) is 0 Å². The maximum Gasteiger partial charge on any atom is 0.326 e. The summed E-state index contributed by atoms with van der Waals surface area (Å²) in [5.74, 6) is -0.364. The Morgan fingerprint density at radius 2 is 2.16 bits per heavy atom. The van der Waals surface area contributed by atoms with E-state index < -0.39 is 24.8 Å². The van der Waals surface area contributed by atoms with Crippen LogP contribution in [0.4, 0.5) is 10.2 Å². The van der Waals surface area contributed by atoms with E-state index in [0.29, 0.717) is 19.6 Å². The zero-order valence-electron chi connectivity index (χ0n) is 19.2. The fourth-order valence-electron chi connectivity index (χ4n) is 3.78. The smallest absolute Gasteiger partial charge is 0.326 e. The number of amides is 1. The van der Waals surface area contributed by atoms with Crippen LogP contribution < -0.4 is 10.6 Å². The maximum absolute atomic E-state index is 13.2. The van der Waals surface area contributed by atoms with E-state index in [2.05, 4.69) is 22.8 Å². The van der Waals surface area contributed by atoms with Crippen LogP contribution in [-0.2, 0) is 27.2 Å². The summed E-state index contributed by atoms with van der Waals surface area (Å²) in [6.07, 6.45) is 4.76. The highest BCUT2D eigenvalue weighted by atomic mass is 19.1. The molecule has 1 aliphatic heterocycles. The zero-order valence-corrected chi connectivity index (χ0v) is 19.2. The predicted octanol–water partition coefficient (Wildman–Crippen LogP) is 2.42. The Kier molecular flexibility index (Phi) is 11.4. The lowest BCUT2D eigenvalue weighted by Crippen LogP contribution is -2.44. The second-order valence-electron chi connectivity index (χ2n) is 8.21. The first-order valence-electron chi connectivity index (χ1n) is 11.5. The molecule has 3 N–H and O–H groups in total. The molecule has 0 aromatic carbocycles. The predicted molar refractivity (Wildman–Crippen MR) is 122 cm³/mol. The number of carbonyl (C=O) groups excluding carboxylic acids is 1. The number of alkyl halides is 1. The highest BCUT2D eigenvalue weighted by Gasteiger charge is 2.21. The molecule has 2 unspecified atom stereocenters.